The Labute approximate surface area is 213 Å². The number of cyclic esters (lactones) is 1. The third-order valence-electron chi connectivity index (χ3n) is 6.82. The maximum atomic E-state index is 13.4. The van der Waals surface area contributed by atoms with Crippen LogP contribution in [0.2, 0.25) is 0 Å². The van der Waals surface area contributed by atoms with E-state index in [2.05, 4.69) is 14.9 Å². The normalized spacial score (nSPS) is 19.5. The zero-order valence-corrected chi connectivity index (χ0v) is 20.5. The lowest BCUT2D eigenvalue weighted by atomic mass is 10.2. The van der Waals surface area contributed by atoms with Crippen molar-refractivity contribution in [3.05, 3.63) is 42.6 Å². The summed E-state index contributed by atoms with van der Waals surface area (Å²) in [6.45, 7) is 3.55. The zero-order chi connectivity index (χ0) is 25.4. The fraction of sp³-hybridized carbons (Fsp3) is 0.385. The number of carbonyl (C=O) groups is 2. The van der Waals surface area contributed by atoms with E-state index in [0.29, 0.717) is 55.9 Å². The number of hydrogen-bond acceptors (Lipinski definition) is 9. The van der Waals surface area contributed by atoms with Crippen LogP contribution in [0, 0.1) is 0 Å². The molecule has 3 aliphatic rings. The molecule has 1 atom stereocenters. The molecule has 5 heterocycles. The topological polar surface area (TPSA) is 107 Å². The zero-order valence-electron chi connectivity index (χ0n) is 20.5. The Morgan fingerprint density at radius 3 is 2.76 bits per heavy atom. The predicted molar refractivity (Wildman–Crippen MR) is 135 cm³/mol. The molecule has 2 aromatic heterocycles. The average molecular weight is 506 g/mol. The van der Waals surface area contributed by atoms with Crippen molar-refractivity contribution < 1.29 is 28.5 Å². The summed E-state index contributed by atoms with van der Waals surface area (Å²) in [6.07, 6.45) is 1.13. The molecule has 11 nitrogen and oxygen atoms in total. The Morgan fingerprint density at radius 1 is 1.03 bits per heavy atom. The standard InChI is InChI=1S/C26H27N5O6/c1-34-23-6-4-18-24(28-23)19(7-8-27-18)29-9-2-10-30(12-11-29)25(32)22-16-31(26(33)37-22)17-3-5-20-21(15-17)36-14-13-35-20/h3-8,15,22H,2,9-14,16H2,1H3. The molecule has 2 saturated heterocycles. The van der Waals surface area contributed by atoms with Crippen molar-refractivity contribution in [2.75, 3.05) is 62.8 Å². The highest BCUT2D eigenvalue weighted by atomic mass is 16.6. The number of ether oxygens (including phenoxy) is 4. The van der Waals surface area contributed by atoms with Crippen molar-refractivity contribution >= 4 is 34.4 Å². The van der Waals surface area contributed by atoms with E-state index in [0.717, 1.165) is 29.7 Å². The highest BCUT2D eigenvalue weighted by molar-refractivity contribution is 5.96. The summed E-state index contributed by atoms with van der Waals surface area (Å²) in [4.78, 5) is 40.5. The molecular formula is C26H27N5O6. The number of pyridine rings is 2. The highest BCUT2D eigenvalue weighted by Gasteiger charge is 2.39. The van der Waals surface area contributed by atoms with Crippen molar-refractivity contribution in [1.82, 2.24) is 14.9 Å². The van der Waals surface area contributed by atoms with Gasteiger partial charge in [0.1, 0.15) is 18.7 Å². The second-order valence-corrected chi connectivity index (χ2v) is 9.03. The molecule has 2 amide bonds. The minimum absolute atomic E-state index is 0.149. The van der Waals surface area contributed by atoms with E-state index >= 15 is 0 Å². The maximum absolute atomic E-state index is 13.4. The van der Waals surface area contributed by atoms with E-state index < -0.39 is 12.2 Å². The van der Waals surface area contributed by atoms with Gasteiger partial charge in [0.25, 0.3) is 5.91 Å². The Morgan fingerprint density at radius 2 is 1.89 bits per heavy atom. The lowest BCUT2D eigenvalue weighted by Crippen LogP contribution is -2.43. The van der Waals surface area contributed by atoms with E-state index in [1.54, 1.807) is 42.5 Å². The first kappa shape index (κ1) is 23.1. The van der Waals surface area contributed by atoms with Gasteiger partial charge in [-0.25, -0.2) is 9.78 Å². The number of amides is 2. The largest absolute Gasteiger partial charge is 0.486 e. The molecule has 0 N–H and O–H groups in total. The van der Waals surface area contributed by atoms with Gasteiger partial charge in [-0.2, -0.15) is 0 Å². The molecule has 1 aromatic carbocycles. The van der Waals surface area contributed by atoms with Gasteiger partial charge < -0.3 is 28.7 Å². The van der Waals surface area contributed by atoms with Crippen molar-refractivity contribution in [3.8, 4) is 17.4 Å². The van der Waals surface area contributed by atoms with E-state index in [9.17, 15) is 9.59 Å². The molecule has 0 spiro atoms. The molecule has 0 radical (unpaired) electrons. The smallest absolute Gasteiger partial charge is 0.415 e. The van der Waals surface area contributed by atoms with Crippen LogP contribution in [0.5, 0.6) is 17.4 Å². The van der Waals surface area contributed by atoms with E-state index in [-0.39, 0.29) is 12.5 Å². The first-order chi connectivity index (χ1) is 18.1. The summed E-state index contributed by atoms with van der Waals surface area (Å²) in [5.41, 5.74) is 3.11. The Balaban J connectivity index is 1.14. The van der Waals surface area contributed by atoms with Gasteiger partial charge >= 0.3 is 6.09 Å². The first-order valence-electron chi connectivity index (χ1n) is 12.3. The van der Waals surface area contributed by atoms with Crippen LogP contribution in [-0.4, -0.2) is 86.0 Å². The molecule has 0 saturated carbocycles. The quantitative estimate of drug-likeness (QED) is 0.529. The monoisotopic (exact) mass is 505 g/mol. The minimum atomic E-state index is -0.861. The van der Waals surface area contributed by atoms with Gasteiger partial charge in [0.05, 0.1) is 30.5 Å². The Kier molecular flexibility index (Phi) is 6.03. The van der Waals surface area contributed by atoms with Crippen molar-refractivity contribution in [2.45, 2.75) is 12.5 Å². The first-order valence-corrected chi connectivity index (χ1v) is 12.3. The van der Waals surface area contributed by atoms with Gasteiger partial charge in [-0.1, -0.05) is 0 Å². The van der Waals surface area contributed by atoms with E-state index in [1.165, 1.54) is 4.90 Å². The predicted octanol–water partition coefficient (Wildman–Crippen LogP) is 2.47. The number of carbonyl (C=O) groups excluding carboxylic acids is 2. The van der Waals surface area contributed by atoms with E-state index in [1.807, 2.05) is 12.1 Å². The Hall–Kier alpha value is -4.28. The summed E-state index contributed by atoms with van der Waals surface area (Å²) in [7, 11) is 1.59. The number of anilines is 2. The lowest BCUT2D eigenvalue weighted by molar-refractivity contribution is -0.138. The minimum Gasteiger partial charge on any atom is -0.486 e. The number of aromatic nitrogens is 2. The van der Waals surface area contributed by atoms with Crippen molar-refractivity contribution in [3.63, 3.8) is 0 Å². The van der Waals surface area contributed by atoms with Gasteiger partial charge in [0, 0.05) is 44.5 Å². The third-order valence-corrected chi connectivity index (χ3v) is 6.82. The number of methoxy groups -OCH3 is 1. The van der Waals surface area contributed by atoms with Crippen LogP contribution in [0.3, 0.4) is 0 Å². The second-order valence-electron chi connectivity index (χ2n) is 9.03. The van der Waals surface area contributed by atoms with Crippen LogP contribution >= 0.6 is 0 Å². The van der Waals surface area contributed by atoms with Gasteiger partial charge in [-0.3, -0.25) is 14.7 Å². The summed E-state index contributed by atoms with van der Waals surface area (Å²) < 4.78 is 22.0. The molecule has 6 rings (SSSR count). The third kappa shape index (κ3) is 4.41. The molecule has 3 aromatic rings. The summed E-state index contributed by atoms with van der Waals surface area (Å²) in [6, 6.07) is 10.9. The van der Waals surface area contributed by atoms with Gasteiger partial charge in [-0.15, -0.1) is 0 Å². The van der Waals surface area contributed by atoms with Crippen LogP contribution in [0.15, 0.2) is 42.6 Å². The van der Waals surface area contributed by atoms with Crippen LogP contribution in [0.25, 0.3) is 11.0 Å². The maximum Gasteiger partial charge on any atom is 0.415 e. The lowest BCUT2D eigenvalue weighted by Gasteiger charge is -2.25. The number of rotatable bonds is 4. The second kappa shape index (κ2) is 9.64. The van der Waals surface area contributed by atoms with Gasteiger partial charge in [0.15, 0.2) is 17.6 Å². The van der Waals surface area contributed by atoms with E-state index in [4.69, 9.17) is 18.9 Å². The fourth-order valence-corrected chi connectivity index (χ4v) is 4.95. The van der Waals surface area contributed by atoms with Crippen LogP contribution in [0.4, 0.5) is 16.2 Å². The number of benzene rings is 1. The molecule has 1 unspecified atom stereocenters. The SMILES string of the molecule is COc1ccc2nccc(N3CCCN(C(=O)C4CN(c5ccc6c(c5)OCCO6)C(=O)O4)CC3)c2n1. The molecule has 11 heteroatoms. The molecule has 0 aliphatic carbocycles. The van der Waals surface area contributed by atoms with Crippen LogP contribution in [-0.2, 0) is 9.53 Å². The molecule has 37 heavy (non-hydrogen) atoms. The molecular weight excluding hydrogens is 478 g/mol. The van der Waals surface area contributed by atoms with Crippen LogP contribution < -0.4 is 24.0 Å². The van der Waals surface area contributed by atoms with Crippen LogP contribution in [0.1, 0.15) is 6.42 Å². The van der Waals surface area contributed by atoms with Crippen molar-refractivity contribution in [1.29, 1.82) is 0 Å². The summed E-state index contributed by atoms with van der Waals surface area (Å²) in [5.74, 6) is 1.56. The number of fused-ring (bicyclic) bond motifs is 2. The summed E-state index contributed by atoms with van der Waals surface area (Å²) in [5, 5.41) is 0. The van der Waals surface area contributed by atoms with Gasteiger partial charge in [0.2, 0.25) is 5.88 Å². The molecule has 2 fully saturated rings. The summed E-state index contributed by atoms with van der Waals surface area (Å²) >= 11 is 0. The molecule has 3 aliphatic heterocycles. The average Bonchev–Trinajstić information content (AvgIpc) is 3.16. The van der Waals surface area contributed by atoms with Gasteiger partial charge in [-0.05, 0) is 30.7 Å². The number of hydrogen-bond donors (Lipinski definition) is 0. The molecule has 0 bridgehead atoms. The Bertz CT molecular complexity index is 1350. The molecule has 192 valence electrons. The van der Waals surface area contributed by atoms with Crippen molar-refractivity contribution in [2.24, 2.45) is 0 Å². The highest BCUT2D eigenvalue weighted by Crippen LogP contribution is 2.35. The fourth-order valence-electron chi connectivity index (χ4n) is 4.95. The number of nitrogens with zero attached hydrogens (tertiary/aromatic N) is 5.